The first-order valence-corrected chi connectivity index (χ1v) is 7.09. The van der Waals surface area contributed by atoms with E-state index in [0.717, 1.165) is 11.1 Å². The van der Waals surface area contributed by atoms with Gasteiger partial charge in [0.2, 0.25) is 0 Å². The Bertz CT molecular complexity index is 555. The van der Waals surface area contributed by atoms with Crippen LogP contribution in [0.4, 0.5) is 0 Å². The van der Waals surface area contributed by atoms with Crippen LogP contribution in [0.25, 0.3) is 0 Å². The van der Waals surface area contributed by atoms with Crippen molar-refractivity contribution in [3.8, 4) is 5.75 Å². The number of carbonyl (C=O) groups is 2. The Labute approximate surface area is 124 Å². The molecule has 5 heteroatoms. The summed E-state index contributed by atoms with van der Waals surface area (Å²) in [5.74, 6) is -0.808. The number of amides is 1. The maximum absolute atomic E-state index is 12.1. The molecule has 1 amide bonds. The number of aliphatic carboxylic acids is 1. The Morgan fingerprint density at radius 2 is 2.05 bits per heavy atom. The van der Waals surface area contributed by atoms with Crippen LogP contribution < -0.4 is 4.74 Å². The molecule has 1 heterocycles. The van der Waals surface area contributed by atoms with Crippen molar-refractivity contribution in [1.82, 2.24) is 4.90 Å². The van der Waals surface area contributed by atoms with E-state index < -0.39 is 11.9 Å². The number of rotatable bonds is 4. The fourth-order valence-corrected chi connectivity index (χ4v) is 2.68. The summed E-state index contributed by atoms with van der Waals surface area (Å²) in [5.41, 5.74) is 2.13. The van der Waals surface area contributed by atoms with Crippen LogP contribution in [0.2, 0.25) is 0 Å². The van der Waals surface area contributed by atoms with Crippen molar-refractivity contribution in [2.24, 2.45) is 11.8 Å². The molecule has 1 fully saturated rings. The molecule has 0 aliphatic carbocycles. The molecule has 21 heavy (non-hydrogen) atoms. The molecule has 0 bridgehead atoms. The van der Waals surface area contributed by atoms with Crippen LogP contribution in [0.3, 0.4) is 0 Å². The maximum atomic E-state index is 12.1. The van der Waals surface area contributed by atoms with E-state index in [-0.39, 0.29) is 25.0 Å². The molecular formula is C16H21NO4. The molecule has 1 N–H and O–H groups in total. The third-order valence-corrected chi connectivity index (χ3v) is 3.96. The first-order valence-electron chi connectivity index (χ1n) is 7.09. The van der Waals surface area contributed by atoms with Crippen LogP contribution in [-0.4, -0.2) is 41.6 Å². The Kier molecular flexibility index (Phi) is 4.50. The molecule has 0 saturated carbocycles. The number of carbonyl (C=O) groups excluding carboxylic acids is 1. The Hall–Kier alpha value is -2.04. The second-order valence-electron chi connectivity index (χ2n) is 5.78. The minimum Gasteiger partial charge on any atom is -0.484 e. The lowest BCUT2D eigenvalue weighted by atomic mass is 9.99. The summed E-state index contributed by atoms with van der Waals surface area (Å²) < 4.78 is 5.56. The van der Waals surface area contributed by atoms with Crippen molar-refractivity contribution in [1.29, 1.82) is 0 Å². The van der Waals surface area contributed by atoms with Gasteiger partial charge in [0.1, 0.15) is 5.75 Å². The summed E-state index contributed by atoms with van der Waals surface area (Å²) in [6.07, 6.45) is 0. The Balaban J connectivity index is 1.92. The van der Waals surface area contributed by atoms with Gasteiger partial charge in [0.15, 0.2) is 6.61 Å². The first kappa shape index (κ1) is 15.4. The van der Waals surface area contributed by atoms with E-state index in [1.807, 2.05) is 39.0 Å². The van der Waals surface area contributed by atoms with E-state index in [1.54, 1.807) is 4.90 Å². The minimum atomic E-state index is -0.840. The van der Waals surface area contributed by atoms with Crippen LogP contribution >= 0.6 is 0 Å². The molecule has 0 unspecified atom stereocenters. The van der Waals surface area contributed by atoms with Gasteiger partial charge in [-0.1, -0.05) is 24.6 Å². The SMILES string of the molecule is Cc1ccc(OCC(=O)N2C[C@@H](C)[C@H](C(=O)O)C2)c(C)c1. The molecule has 114 valence electrons. The van der Waals surface area contributed by atoms with Crippen LogP contribution in [0.15, 0.2) is 18.2 Å². The van der Waals surface area contributed by atoms with Crippen LogP contribution in [0, 0.1) is 25.7 Å². The van der Waals surface area contributed by atoms with Crippen LogP contribution in [0.1, 0.15) is 18.1 Å². The lowest BCUT2D eigenvalue weighted by Gasteiger charge is -2.17. The molecule has 2 atom stereocenters. The van der Waals surface area contributed by atoms with E-state index in [4.69, 9.17) is 9.84 Å². The van der Waals surface area contributed by atoms with Crippen molar-refractivity contribution in [3.63, 3.8) is 0 Å². The zero-order valence-electron chi connectivity index (χ0n) is 12.6. The molecule has 1 aliphatic rings. The van der Waals surface area contributed by atoms with Crippen molar-refractivity contribution in [2.75, 3.05) is 19.7 Å². The smallest absolute Gasteiger partial charge is 0.308 e. The number of ether oxygens (including phenoxy) is 1. The van der Waals surface area contributed by atoms with Gasteiger partial charge < -0.3 is 14.7 Å². The summed E-state index contributed by atoms with van der Waals surface area (Å²) in [6.45, 7) is 6.49. The lowest BCUT2D eigenvalue weighted by molar-refractivity contribution is -0.142. The molecule has 5 nitrogen and oxygen atoms in total. The molecule has 1 aromatic rings. The molecule has 2 rings (SSSR count). The second-order valence-corrected chi connectivity index (χ2v) is 5.78. The van der Waals surface area contributed by atoms with Gasteiger partial charge in [-0.3, -0.25) is 9.59 Å². The molecular weight excluding hydrogens is 270 g/mol. The summed E-state index contributed by atoms with van der Waals surface area (Å²) in [5, 5.41) is 9.08. The highest BCUT2D eigenvalue weighted by molar-refractivity contribution is 5.80. The van der Waals surface area contributed by atoms with Crippen molar-refractivity contribution in [3.05, 3.63) is 29.3 Å². The summed E-state index contributed by atoms with van der Waals surface area (Å²) in [7, 11) is 0. The van der Waals surface area contributed by atoms with E-state index >= 15 is 0 Å². The largest absolute Gasteiger partial charge is 0.484 e. The average Bonchev–Trinajstić information content (AvgIpc) is 2.80. The second kappa shape index (κ2) is 6.16. The number of likely N-dealkylation sites (tertiary alicyclic amines) is 1. The monoisotopic (exact) mass is 291 g/mol. The predicted octanol–water partition coefficient (Wildman–Crippen LogP) is 1.86. The number of aryl methyl sites for hydroxylation is 2. The predicted molar refractivity (Wildman–Crippen MR) is 78.3 cm³/mol. The van der Waals surface area contributed by atoms with Gasteiger partial charge in [-0.25, -0.2) is 0 Å². The zero-order chi connectivity index (χ0) is 15.6. The lowest BCUT2D eigenvalue weighted by Crippen LogP contribution is -2.34. The maximum Gasteiger partial charge on any atom is 0.308 e. The molecule has 0 aromatic heterocycles. The van der Waals surface area contributed by atoms with Crippen LogP contribution in [-0.2, 0) is 9.59 Å². The van der Waals surface area contributed by atoms with Crippen molar-refractivity contribution >= 4 is 11.9 Å². The van der Waals surface area contributed by atoms with Gasteiger partial charge in [0.25, 0.3) is 5.91 Å². The first-order chi connectivity index (χ1) is 9.88. The normalized spacial score (nSPS) is 21.4. The number of nitrogens with zero attached hydrogens (tertiary/aromatic N) is 1. The molecule has 1 saturated heterocycles. The molecule has 0 radical (unpaired) electrons. The van der Waals surface area contributed by atoms with E-state index in [9.17, 15) is 9.59 Å². The Morgan fingerprint density at radius 3 is 2.62 bits per heavy atom. The number of hydrogen-bond acceptors (Lipinski definition) is 3. The third-order valence-electron chi connectivity index (χ3n) is 3.96. The van der Waals surface area contributed by atoms with Gasteiger partial charge in [0, 0.05) is 13.1 Å². The van der Waals surface area contributed by atoms with Gasteiger partial charge in [-0.15, -0.1) is 0 Å². The fraction of sp³-hybridized carbons (Fsp3) is 0.500. The summed E-state index contributed by atoms with van der Waals surface area (Å²) in [4.78, 5) is 24.8. The number of carboxylic acid groups (broad SMARTS) is 1. The van der Waals surface area contributed by atoms with Gasteiger partial charge >= 0.3 is 5.97 Å². The number of hydrogen-bond donors (Lipinski definition) is 1. The standard InChI is InChI=1S/C16H21NO4/c1-10-4-5-14(11(2)6-10)21-9-15(18)17-7-12(3)13(8-17)16(19)20/h4-6,12-13H,7-9H2,1-3H3,(H,19,20)/t12-,13-/m1/s1. The van der Waals surface area contributed by atoms with Crippen molar-refractivity contribution in [2.45, 2.75) is 20.8 Å². The van der Waals surface area contributed by atoms with E-state index in [0.29, 0.717) is 12.3 Å². The fourth-order valence-electron chi connectivity index (χ4n) is 2.68. The topological polar surface area (TPSA) is 66.8 Å². The highest BCUT2D eigenvalue weighted by atomic mass is 16.5. The highest BCUT2D eigenvalue weighted by Gasteiger charge is 2.36. The minimum absolute atomic E-state index is 0.0208. The zero-order valence-corrected chi connectivity index (χ0v) is 12.6. The van der Waals surface area contributed by atoms with E-state index in [1.165, 1.54) is 0 Å². The summed E-state index contributed by atoms with van der Waals surface area (Å²) >= 11 is 0. The number of benzene rings is 1. The molecule has 1 aromatic carbocycles. The van der Waals surface area contributed by atoms with E-state index in [2.05, 4.69) is 0 Å². The van der Waals surface area contributed by atoms with Gasteiger partial charge in [-0.05, 0) is 31.4 Å². The van der Waals surface area contributed by atoms with Gasteiger partial charge in [-0.2, -0.15) is 0 Å². The number of carboxylic acids is 1. The Morgan fingerprint density at radius 1 is 1.33 bits per heavy atom. The van der Waals surface area contributed by atoms with Gasteiger partial charge in [0.05, 0.1) is 5.92 Å². The third kappa shape index (κ3) is 3.54. The highest BCUT2D eigenvalue weighted by Crippen LogP contribution is 2.24. The quantitative estimate of drug-likeness (QED) is 0.919. The van der Waals surface area contributed by atoms with Crippen LogP contribution in [0.5, 0.6) is 5.75 Å². The average molecular weight is 291 g/mol. The molecule has 1 aliphatic heterocycles. The summed E-state index contributed by atoms with van der Waals surface area (Å²) in [6, 6.07) is 5.79. The van der Waals surface area contributed by atoms with Crippen molar-refractivity contribution < 1.29 is 19.4 Å². The molecule has 0 spiro atoms.